The third kappa shape index (κ3) is 4.01. The Morgan fingerprint density at radius 2 is 1.18 bits per heavy atom. The van der Waals surface area contributed by atoms with Crippen LogP contribution in [0.4, 0.5) is 0 Å². The Morgan fingerprint density at radius 3 is 1.47 bits per heavy atom. The van der Waals surface area contributed by atoms with E-state index in [2.05, 4.69) is 43.2 Å². The van der Waals surface area contributed by atoms with E-state index < -0.39 is 0 Å². The minimum atomic E-state index is 1.08. The van der Waals surface area contributed by atoms with Crippen molar-refractivity contribution >= 4 is 5.57 Å². The second-order valence-electron chi connectivity index (χ2n) is 3.50. The summed E-state index contributed by atoms with van der Waals surface area (Å²) in [4.78, 5) is 0. The smallest absolute Gasteiger partial charge is 0.00297 e. The van der Waals surface area contributed by atoms with E-state index in [1.54, 1.807) is 6.92 Å². The molecule has 0 aliphatic heterocycles. The Balaban J connectivity index is 0.000000437. The van der Waals surface area contributed by atoms with E-state index >= 15 is 0 Å². The van der Waals surface area contributed by atoms with Gasteiger partial charge >= 0.3 is 0 Å². The van der Waals surface area contributed by atoms with Crippen LogP contribution < -0.4 is 0 Å². The number of hydrogen-bond acceptors (Lipinski definition) is 0. The molecule has 2 rings (SSSR count). The fourth-order valence-corrected chi connectivity index (χ4v) is 1.45. The molecular formula is C17H16. The Bertz CT molecular complexity index is 445. The number of terminal acetylenes is 1. The van der Waals surface area contributed by atoms with Crippen LogP contribution in [-0.4, -0.2) is 0 Å². The molecule has 0 saturated carbocycles. The van der Waals surface area contributed by atoms with Crippen molar-refractivity contribution < 1.29 is 0 Å². The normalized spacial score (nSPS) is 8.47. The third-order valence-electron chi connectivity index (χ3n) is 2.24. The maximum Gasteiger partial charge on any atom is -0.00297 e. The average molecular weight is 220 g/mol. The SMILES string of the molecule is C#CC.C=C(c1ccccc1)c1ccccc1. The zero-order valence-electron chi connectivity index (χ0n) is 10.1. The molecule has 0 spiro atoms. The molecule has 0 amide bonds. The molecule has 0 heterocycles. The molecule has 0 nitrogen and oxygen atoms in total. The number of benzene rings is 2. The first-order valence-electron chi connectivity index (χ1n) is 5.46. The second-order valence-corrected chi connectivity index (χ2v) is 3.50. The summed E-state index contributed by atoms with van der Waals surface area (Å²) >= 11 is 0. The van der Waals surface area contributed by atoms with Crippen molar-refractivity contribution in [3.63, 3.8) is 0 Å². The van der Waals surface area contributed by atoms with E-state index in [1.165, 1.54) is 11.1 Å². The van der Waals surface area contributed by atoms with E-state index in [0.717, 1.165) is 5.57 Å². The molecule has 0 unspecified atom stereocenters. The number of hydrogen-bond donors (Lipinski definition) is 0. The highest BCUT2D eigenvalue weighted by molar-refractivity contribution is 5.77. The lowest BCUT2D eigenvalue weighted by molar-refractivity contribution is 1.56. The summed E-state index contributed by atoms with van der Waals surface area (Å²) in [6, 6.07) is 20.5. The molecule has 0 aliphatic carbocycles. The topological polar surface area (TPSA) is 0 Å². The Labute approximate surface area is 104 Å². The quantitative estimate of drug-likeness (QED) is 0.658. The molecule has 0 saturated heterocycles. The first-order valence-corrected chi connectivity index (χ1v) is 5.46. The minimum Gasteiger partial charge on any atom is -0.120 e. The molecule has 2 aromatic rings. The highest BCUT2D eigenvalue weighted by atomic mass is 14.0. The monoisotopic (exact) mass is 220 g/mol. The van der Waals surface area contributed by atoms with Gasteiger partial charge in [-0.15, -0.1) is 12.3 Å². The van der Waals surface area contributed by atoms with E-state index in [1.807, 2.05) is 36.4 Å². The van der Waals surface area contributed by atoms with Gasteiger partial charge in [-0.1, -0.05) is 67.2 Å². The first kappa shape index (κ1) is 12.8. The summed E-state index contributed by atoms with van der Waals surface area (Å²) in [5.41, 5.74) is 3.43. The fraction of sp³-hybridized carbons (Fsp3) is 0.0588. The van der Waals surface area contributed by atoms with Crippen LogP contribution in [0.2, 0.25) is 0 Å². The zero-order valence-corrected chi connectivity index (χ0v) is 10.1. The highest BCUT2D eigenvalue weighted by Crippen LogP contribution is 2.20. The molecule has 0 fully saturated rings. The molecule has 2 aromatic carbocycles. The van der Waals surface area contributed by atoms with Crippen molar-refractivity contribution in [3.05, 3.63) is 78.4 Å². The van der Waals surface area contributed by atoms with Gasteiger partial charge in [0.25, 0.3) is 0 Å². The lowest BCUT2D eigenvalue weighted by Crippen LogP contribution is -1.84. The van der Waals surface area contributed by atoms with Crippen molar-refractivity contribution in [3.8, 4) is 12.3 Å². The fourth-order valence-electron chi connectivity index (χ4n) is 1.45. The molecule has 0 aliphatic rings. The predicted molar refractivity (Wildman–Crippen MR) is 75.5 cm³/mol. The van der Waals surface area contributed by atoms with Gasteiger partial charge in [-0.3, -0.25) is 0 Å². The van der Waals surface area contributed by atoms with Crippen LogP contribution in [0.3, 0.4) is 0 Å². The van der Waals surface area contributed by atoms with E-state index in [-0.39, 0.29) is 0 Å². The van der Waals surface area contributed by atoms with Crippen molar-refractivity contribution in [2.75, 3.05) is 0 Å². The van der Waals surface area contributed by atoms with Crippen molar-refractivity contribution in [2.45, 2.75) is 6.92 Å². The van der Waals surface area contributed by atoms with Gasteiger partial charge in [-0.25, -0.2) is 0 Å². The highest BCUT2D eigenvalue weighted by Gasteiger charge is 1.99. The van der Waals surface area contributed by atoms with E-state index in [0.29, 0.717) is 0 Å². The summed E-state index contributed by atoms with van der Waals surface area (Å²) in [6.45, 7) is 5.75. The van der Waals surface area contributed by atoms with Crippen molar-refractivity contribution in [1.29, 1.82) is 0 Å². The largest absolute Gasteiger partial charge is 0.120 e. The van der Waals surface area contributed by atoms with Crippen LogP contribution in [-0.2, 0) is 0 Å². The molecule has 84 valence electrons. The maximum atomic E-state index is 4.60. The molecule has 17 heavy (non-hydrogen) atoms. The van der Waals surface area contributed by atoms with Crippen LogP contribution in [0, 0.1) is 12.3 Å². The summed E-state index contributed by atoms with van der Waals surface area (Å²) in [7, 11) is 0. The molecule has 0 N–H and O–H groups in total. The summed E-state index contributed by atoms with van der Waals surface area (Å²) in [5.74, 6) is 2.25. The van der Waals surface area contributed by atoms with Gasteiger partial charge < -0.3 is 0 Å². The minimum absolute atomic E-state index is 1.08. The molecule has 0 atom stereocenters. The Hall–Kier alpha value is -2.26. The molecule has 0 aromatic heterocycles. The van der Waals surface area contributed by atoms with Gasteiger partial charge in [0.15, 0.2) is 0 Å². The molecule has 0 heteroatoms. The predicted octanol–water partition coefficient (Wildman–Crippen LogP) is 4.39. The standard InChI is InChI=1S/C14H12.C3H4/c1-12(13-8-4-2-5-9-13)14-10-6-3-7-11-14;1-3-2/h2-11H,1H2;1H,2H3. The van der Waals surface area contributed by atoms with Crippen LogP contribution >= 0.6 is 0 Å². The Morgan fingerprint density at radius 1 is 0.882 bits per heavy atom. The van der Waals surface area contributed by atoms with Gasteiger partial charge in [-0.05, 0) is 23.6 Å². The third-order valence-corrected chi connectivity index (χ3v) is 2.24. The van der Waals surface area contributed by atoms with Crippen LogP contribution in [0.15, 0.2) is 67.2 Å². The number of rotatable bonds is 2. The van der Waals surface area contributed by atoms with Crippen LogP contribution in [0.5, 0.6) is 0 Å². The molecule has 0 radical (unpaired) electrons. The zero-order chi connectivity index (χ0) is 12.5. The van der Waals surface area contributed by atoms with Gasteiger partial charge in [-0.2, -0.15) is 0 Å². The lowest BCUT2D eigenvalue weighted by Gasteiger charge is -2.04. The Kier molecular flexibility index (Phi) is 5.34. The maximum absolute atomic E-state index is 4.60. The summed E-state index contributed by atoms with van der Waals surface area (Å²) in [6.07, 6.45) is 4.60. The van der Waals surface area contributed by atoms with Gasteiger partial charge in [0, 0.05) is 0 Å². The second kappa shape index (κ2) is 7.09. The molecular weight excluding hydrogens is 204 g/mol. The van der Waals surface area contributed by atoms with Gasteiger partial charge in [0.1, 0.15) is 0 Å². The van der Waals surface area contributed by atoms with Crippen molar-refractivity contribution in [2.24, 2.45) is 0 Å². The lowest BCUT2D eigenvalue weighted by atomic mass is 10.0. The van der Waals surface area contributed by atoms with E-state index in [4.69, 9.17) is 0 Å². The van der Waals surface area contributed by atoms with E-state index in [9.17, 15) is 0 Å². The first-order chi connectivity index (χ1) is 8.29. The van der Waals surface area contributed by atoms with Crippen LogP contribution in [0.1, 0.15) is 18.1 Å². The summed E-state index contributed by atoms with van der Waals surface area (Å²) in [5, 5.41) is 0. The average Bonchev–Trinajstić information content (AvgIpc) is 2.41. The van der Waals surface area contributed by atoms with Gasteiger partial charge in [0.2, 0.25) is 0 Å². The summed E-state index contributed by atoms with van der Waals surface area (Å²) < 4.78 is 0. The van der Waals surface area contributed by atoms with Crippen molar-refractivity contribution in [1.82, 2.24) is 0 Å². The molecule has 0 bridgehead atoms. The van der Waals surface area contributed by atoms with Gasteiger partial charge in [0.05, 0.1) is 0 Å². The van der Waals surface area contributed by atoms with Crippen LogP contribution in [0.25, 0.3) is 5.57 Å².